The molecule has 1 aliphatic rings. The SMILES string of the molecule is CCC1(C(=O)O)CCCN(C(=O)Nc2cccnc2)C1. The predicted molar refractivity (Wildman–Crippen MR) is 74.4 cm³/mol. The minimum atomic E-state index is -0.820. The van der Waals surface area contributed by atoms with Gasteiger partial charge in [0.2, 0.25) is 0 Å². The van der Waals surface area contributed by atoms with Crippen molar-refractivity contribution in [2.45, 2.75) is 26.2 Å². The first-order valence-electron chi connectivity index (χ1n) is 6.77. The lowest BCUT2D eigenvalue weighted by Gasteiger charge is -2.39. The van der Waals surface area contributed by atoms with Crippen LogP contribution in [0.2, 0.25) is 0 Å². The number of likely N-dealkylation sites (tertiary alicyclic amines) is 1. The van der Waals surface area contributed by atoms with Gasteiger partial charge in [-0.25, -0.2) is 4.79 Å². The number of carboxylic acid groups (broad SMARTS) is 1. The van der Waals surface area contributed by atoms with E-state index in [2.05, 4.69) is 10.3 Å². The Morgan fingerprint density at radius 3 is 2.95 bits per heavy atom. The lowest BCUT2D eigenvalue weighted by Crippen LogP contribution is -2.50. The number of carboxylic acids is 1. The molecule has 2 rings (SSSR count). The number of aliphatic carboxylic acids is 1. The van der Waals surface area contributed by atoms with Crippen molar-refractivity contribution >= 4 is 17.7 Å². The maximum atomic E-state index is 12.2. The van der Waals surface area contributed by atoms with E-state index in [-0.39, 0.29) is 12.6 Å². The number of amides is 2. The highest BCUT2D eigenvalue weighted by molar-refractivity contribution is 5.89. The Kier molecular flexibility index (Phi) is 4.22. The molecule has 1 aromatic heterocycles. The lowest BCUT2D eigenvalue weighted by molar-refractivity contribution is -0.152. The fourth-order valence-corrected chi connectivity index (χ4v) is 2.56. The van der Waals surface area contributed by atoms with E-state index in [4.69, 9.17) is 0 Å². The highest BCUT2D eigenvalue weighted by atomic mass is 16.4. The topological polar surface area (TPSA) is 82.5 Å². The van der Waals surface area contributed by atoms with Crippen LogP contribution in [0.4, 0.5) is 10.5 Å². The Labute approximate surface area is 117 Å². The van der Waals surface area contributed by atoms with Gasteiger partial charge in [-0.3, -0.25) is 9.78 Å². The molecular weight excluding hydrogens is 258 g/mol. The monoisotopic (exact) mass is 277 g/mol. The van der Waals surface area contributed by atoms with Crippen LogP contribution in [-0.2, 0) is 4.79 Å². The number of piperidine rings is 1. The van der Waals surface area contributed by atoms with Crippen LogP contribution < -0.4 is 5.32 Å². The first-order valence-corrected chi connectivity index (χ1v) is 6.77. The first-order chi connectivity index (χ1) is 9.57. The number of hydrogen-bond donors (Lipinski definition) is 2. The average Bonchev–Trinajstić information content (AvgIpc) is 2.48. The largest absolute Gasteiger partial charge is 0.481 e. The Morgan fingerprint density at radius 2 is 2.35 bits per heavy atom. The van der Waals surface area contributed by atoms with Crippen LogP contribution in [0.5, 0.6) is 0 Å². The molecule has 0 spiro atoms. The molecule has 1 aromatic rings. The Bertz CT molecular complexity index is 492. The van der Waals surface area contributed by atoms with Crippen molar-refractivity contribution in [2.75, 3.05) is 18.4 Å². The lowest BCUT2D eigenvalue weighted by atomic mass is 9.78. The molecule has 0 saturated carbocycles. The molecule has 0 aliphatic carbocycles. The summed E-state index contributed by atoms with van der Waals surface area (Å²) in [5.74, 6) is -0.820. The van der Waals surface area contributed by atoms with Gasteiger partial charge in [-0.15, -0.1) is 0 Å². The molecule has 2 heterocycles. The summed E-state index contributed by atoms with van der Waals surface area (Å²) in [4.78, 5) is 29.2. The number of anilines is 1. The maximum absolute atomic E-state index is 12.2. The standard InChI is InChI=1S/C14H19N3O3/c1-2-14(12(18)19)6-4-8-17(10-14)13(20)16-11-5-3-7-15-9-11/h3,5,7,9H,2,4,6,8,10H2,1H3,(H,16,20)(H,18,19). The molecule has 2 N–H and O–H groups in total. The third-order valence-corrected chi connectivity index (χ3v) is 3.91. The smallest absolute Gasteiger partial charge is 0.321 e. The van der Waals surface area contributed by atoms with Crippen LogP contribution in [0.25, 0.3) is 0 Å². The minimum Gasteiger partial charge on any atom is -0.481 e. The van der Waals surface area contributed by atoms with Gasteiger partial charge in [0.1, 0.15) is 0 Å². The van der Waals surface area contributed by atoms with Gasteiger partial charge in [0.25, 0.3) is 0 Å². The molecule has 2 amide bonds. The number of aromatic nitrogens is 1. The van der Waals surface area contributed by atoms with E-state index in [1.54, 1.807) is 29.4 Å². The zero-order chi connectivity index (χ0) is 14.6. The number of hydrogen-bond acceptors (Lipinski definition) is 3. The molecule has 1 aliphatic heterocycles. The van der Waals surface area contributed by atoms with Crippen molar-refractivity contribution in [1.82, 2.24) is 9.88 Å². The van der Waals surface area contributed by atoms with E-state index >= 15 is 0 Å². The van der Waals surface area contributed by atoms with Crippen LogP contribution in [0.1, 0.15) is 26.2 Å². The Morgan fingerprint density at radius 1 is 1.55 bits per heavy atom. The molecule has 1 saturated heterocycles. The van der Waals surface area contributed by atoms with Crippen molar-refractivity contribution in [3.05, 3.63) is 24.5 Å². The predicted octanol–water partition coefficient (Wildman–Crippen LogP) is 2.19. The summed E-state index contributed by atoms with van der Waals surface area (Å²) in [5, 5.41) is 12.2. The molecule has 0 radical (unpaired) electrons. The first kappa shape index (κ1) is 14.3. The highest BCUT2D eigenvalue weighted by Crippen LogP contribution is 2.33. The molecule has 108 valence electrons. The second-order valence-corrected chi connectivity index (χ2v) is 5.14. The summed E-state index contributed by atoms with van der Waals surface area (Å²) in [6.45, 7) is 2.70. The van der Waals surface area contributed by atoms with Crippen molar-refractivity contribution in [3.8, 4) is 0 Å². The van der Waals surface area contributed by atoms with Gasteiger partial charge in [0.05, 0.1) is 17.3 Å². The number of nitrogens with one attached hydrogen (secondary N) is 1. The van der Waals surface area contributed by atoms with E-state index in [0.29, 0.717) is 31.5 Å². The number of urea groups is 1. The summed E-state index contributed by atoms with van der Waals surface area (Å²) in [6.07, 6.45) is 5.05. The minimum absolute atomic E-state index is 0.255. The van der Waals surface area contributed by atoms with Gasteiger partial charge < -0.3 is 15.3 Å². The third-order valence-electron chi connectivity index (χ3n) is 3.91. The van der Waals surface area contributed by atoms with Crippen molar-refractivity contribution in [3.63, 3.8) is 0 Å². The third kappa shape index (κ3) is 2.89. The number of rotatable bonds is 3. The highest BCUT2D eigenvalue weighted by Gasteiger charge is 2.42. The number of nitrogens with zero attached hydrogens (tertiary/aromatic N) is 2. The summed E-state index contributed by atoms with van der Waals surface area (Å²) in [6, 6.07) is 3.22. The molecule has 6 nitrogen and oxygen atoms in total. The molecular formula is C14H19N3O3. The van der Waals surface area contributed by atoms with E-state index in [1.165, 1.54) is 0 Å². The zero-order valence-corrected chi connectivity index (χ0v) is 11.5. The second-order valence-electron chi connectivity index (χ2n) is 5.14. The van der Waals surface area contributed by atoms with E-state index in [1.807, 2.05) is 6.92 Å². The van der Waals surface area contributed by atoms with Gasteiger partial charge in [-0.2, -0.15) is 0 Å². The second kappa shape index (κ2) is 5.90. The molecule has 6 heteroatoms. The van der Waals surface area contributed by atoms with Crippen LogP contribution in [0, 0.1) is 5.41 Å². The van der Waals surface area contributed by atoms with Crippen LogP contribution >= 0.6 is 0 Å². The maximum Gasteiger partial charge on any atom is 0.321 e. The van der Waals surface area contributed by atoms with Gasteiger partial charge >= 0.3 is 12.0 Å². The molecule has 1 atom stereocenters. The van der Waals surface area contributed by atoms with Gasteiger partial charge in [0, 0.05) is 19.3 Å². The normalized spacial score (nSPS) is 22.4. The van der Waals surface area contributed by atoms with Crippen molar-refractivity contribution < 1.29 is 14.7 Å². The summed E-state index contributed by atoms with van der Waals surface area (Å²) in [7, 11) is 0. The Balaban J connectivity index is 2.05. The molecule has 1 unspecified atom stereocenters. The number of carbonyl (C=O) groups is 2. The summed E-state index contributed by atoms with van der Waals surface area (Å²) < 4.78 is 0. The molecule has 20 heavy (non-hydrogen) atoms. The fourth-order valence-electron chi connectivity index (χ4n) is 2.56. The summed E-state index contributed by atoms with van der Waals surface area (Å²) in [5.41, 5.74) is -0.203. The average molecular weight is 277 g/mol. The van der Waals surface area contributed by atoms with Gasteiger partial charge in [0.15, 0.2) is 0 Å². The number of pyridine rings is 1. The molecule has 0 bridgehead atoms. The fraction of sp³-hybridized carbons (Fsp3) is 0.500. The molecule has 1 fully saturated rings. The van der Waals surface area contributed by atoms with E-state index < -0.39 is 11.4 Å². The zero-order valence-electron chi connectivity index (χ0n) is 11.5. The van der Waals surface area contributed by atoms with Crippen LogP contribution in [0.15, 0.2) is 24.5 Å². The van der Waals surface area contributed by atoms with Crippen molar-refractivity contribution in [2.24, 2.45) is 5.41 Å². The van der Waals surface area contributed by atoms with E-state index in [9.17, 15) is 14.7 Å². The van der Waals surface area contributed by atoms with E-state index in [0.717, 1.165) is 0 Å². The van der Waals surface area contributed by atoms with Crippen molar-refractivity contribution in [1.29, 1.82) is 0 Å². The number of carbonyl (C=O) groups excluding carboxylic acids is 1. The summed E-state index contributed by atoms with van der Waals surface area (Å²) >= 11 is 0. The van der Waals surface area contributed by atoms with Crippen LogP contribution in [0.3, 0.4) is 0 Å². The van der Waals surface area contributed by atoms with Crippen LogP contribution in [-0.4, -0.2) is 40.1 Å². The van der Waals surface area contributed by atoms with Gasteiger partial charge in [-0.05, 0) is 31.4 Å². The van der Waals surface area contributed by atoms with Gasteiger partial charge in [-0.1, -0.05) is 6.92 Å². The molecule has 0 aromatic carbocycles. The Hall–Kier alpha value is -2.11. The quantitative estimate of drug-likeness (QED) is 0.887.